The lowest BCUT2D eigenvalue weighted by Gasteiger charge is -2.19. The molecule has 0 spiro atoms. The van der Waals surface area contributed by atoms with Crippen molar-refractivity contribution in [3.8, 4) is 0 Å². The molecule has 2 fully saturated rings. The van der Waals surface area contributed by atoms with Crippen molar-refractivity contribution >= 4 is 5.97 Å². The molecule has 0 aromatic carbocycles. The van der Waals surface area contributed by atoms with Crippen molar-refractivity contribution < 1.29 is 29.8 Å². The van der Waals surface area contributed by atoms with Crippen molar-refractivity contribution in [2.45, 2.75) is 96.4 Å². The van der Waals surface area contributed by atoms with Crippen LogP contribution < -0.4 is 0 Å². The summed E-state index contributed by atoms with van der Waals surface area (Å²) in [6.45, 7) is 4.08. The van der Waals surface area contributed by atoms with Crippen LogP contribution in [0.25, 0.3) is 0 Å². The molecule has 0 radical (unpaired) electrons. The first-order chi connectivity index (χ1) is 13.1. The van der Waals surface area contributed by atoms with E-state index in [2.05, 4.69) is 24.0 Å². The quantitative estimate of drug-likeness (QED) is 0.206. The maximum atomic E-state index is 10.3. The van der Waals surface area contributed by atoms with Crippen molar-refractivity contribution in [2.75, 3.05) is 0 Å². The van der Waals surface area contributed by atoms with Gasteiger partial charge in [0.2, 0.25) is 0 Å². The first-order valence-corrected chi connectivity index (χ1v) is 10.2. The Labute approximate surface area is 163 Å². The average Bonchev–Trinajstić information content (AvgIpc) is 3.27. The minimum absolute atomic E-state index is 0.105. The van der Waals surface area contributed by atoms with Gasteiger partial charge in [0.15, 0.2) is 0 Å². The Morgan fingerprint density at radius 2 is 2.04 bits per heavy atom. The molecule has 3 unspecified atom stereocenters. The van der Waals surface area contributed by atoms with Gasteiger partial charge in [-0.25, -0.2) is 14.7 Å². The minimum Gasteiger partial charge on any atom is -0.481 e. The Bertz CT molecular complexity index is 448. The van der Waals surface area contributed by atoms with Gasteiger partial charge in [-0.1, -0.05) is 50.5 Å². The van der Waals surface area contributed by atoms with Gasteiger partial charge >= 0.3 is 5.97 Å². The molecule has 2 rings (SSSR count). The highest BCUT2D eigenvalue weighted by molar-refractivity contribution is 5.66. The van der Waals surface area contributed by atoms with Crippen molar-refractivity contribution in [3.63, 3.8) is 0 Å². The van der Waals surface area contributed by atoms with Crippen LogP contribution >= 0.6 is 0 Å². The molecule has 0 aromatic rings. The molecule has 6 heteroatoms. The van der Waals surface area contributed by atoms with Gasteiger partial charge in [-0.05, 0) is 44.9 Å². The van der Waals surface area contributed by atoms with Gasteiger partial charge in [0, 0.05) is 12.8 Å². The molecule has 156 valence electrons. The summed E-state index contributed by atoms with van der Waals surface area (Å²) >= 11 is 0. The third-order valence-electron chi connectivity index (χ3n) is 4.90. The van der Waals surface area contributed by atoms with Gasteiger partial charge in [-0.15, -0.1) is 0 Å². The second-order valence-electron chi connectivity index (χ2n) is 7.24. The smallest absolute Gasteiger partial charge is 0.303 e. The Kier molecular flexibility index (Phi) is 13.1. The topological polar surface area (TPSA) is 85.2 Å². The Morgan fingerprint density at radius 1 is 1.22 bits per heavy atom. The molecule has 4 atom stereocenters. The lowest BCUT2D eigenvalue weighted by atomic mass is 10.0. The number of unbranched alkanes of at least 4 members (excludes halogenated alkanes) is 3. The molecule has 1 aliphatic heterocycles. The molecule has 1 saturated heterocycles. The molecular formula is C21H36O6. The van der Waals surface area contributed by atoms with Crippen LogP contribution in [0, 0.1) is 5.92 Å². The van der Waals surface area contributed by atoms with Crippen LogP contribution in [0.2, 0.25) is 0 Å². The van der Waals surface area contributed by atoms with Crippen molar-refractivity contribution in [1.82, 2.24) is 0 Å². The monoisotopic (exact) mass is 384 g/mol. The van der Waals surface area contributed by atoms with Crippen LogP contribution in [0.1, 0.15) is 78.1 Å². The van der Waals surface area contributed by atoms with E-state index in [9.17, 15) is 4.79 Å². The Morgan fingerprint density at radius 3 is 2.59 bits per heavy atom. The molecule has 2 aliphatic rings. The van der Waals surface area contributed by atoms with E-state index in [1.165, 1.54) is 12.8 Å². The zero-order valence-corrected chi connectivity index (χ0v) is 16.7. The number of carboxylic acids is 1. The fraction of sp³-hybridized carbons (Fsp3) is 0.762. The van der Waals surface area contributed by atoms with E-state index in [1.807, 2.05) is 19.1 Å². The maximum absolute atomic E-state index is 10.3. The Hall–Kier alpha value is -1.21. The second-order valence-corrected chi connectivity index (χ2v) is 7.24. The number of fused-ring (bicyclic) bond motifs is 2. The summed E-state index contributed by atoms with van der Waals surface area (Å²) in [5.41, 5.74) is 0. The number of hydrogen-bond acceptors (Lipinski definition) is 5. The fourth-order valence-corrected chi connectivity index (χ4v) is 3.39. The van der Waals surface area contributed by atoms with E-state index in [0.29, 0.717) is 12.0 Å². The lowest BCUT2D eigenvalue weighted by Crippen LogP contribution is -2.19. The molecule has 27 heavy (non-hydrogen) atoms. The van der Waals surface area contributed by atoms with Gasteiger partial charge in [0.25, 0.3) is 0 Å². The van der Waals surface area contributed by atoms with E-state index >= 15 is 0 Å². The van der Waals surface area contributed by atoms with Gasteiger partial charge in [-0.2, -0.15) is 0 Å². The number of hydrogen-bond donors (Lipinski definition) is 2. The SMILES string of the molecule is C/C=C/C(CCCCC)OO.O=C(O)CCC/C=C\C[C@@H]1CC2CC1OO2. The van der Waals surface area contributed by atoms with E-state index in [0.717, 1.165) is 44.9 Å². The van der Waals surface area contributed by atoms with E-state index in [1.54, 1.807) is 0 Å². The van der Waals surface area contributed by atoms with Gasteiger partial charge in [0.05, 0.1) is 12.2 Å². The summed E-state index contributed by atoms with van der Waals surface area (Å²) in [4.78, 5) is 24.8. The summed E-state index contributed by atoms with van der Waals surface area (Å²) in [5, 5.41) is 16.9. The second kappa shape index (κ2) is 14.8. The molecule has 1 heterocycles. The molecule has 2 N–H and O–H groups in total. The van der Waals surface area contributed by atoms with Gasteiger partial charge in [-0.3, -0.25) is 10.1 Å². The zero-order chi connectivity index (χ0) is 19.9. The number of allylic oxidation sites excluding steroid dienone is 3. The molecule has 0 amide bonds. The van der Waals surface area contributed by atoms with Crippen LogP contribution in [0.3, 0.4) is 0 Å². The number of carbonyl (C=O) groups is 1. The summed E-state index contributed by atoms with van der Waals surface area (Å²) < 4.78 is 0. The number of aliphatic carboxylic acids is 1. The van der Waals surface area contributed by atoms with Crippen LogP contribution in [-0.2, 0) is 19.5 Å². The maximum Gasteiger partial charge on any atom is 0.303 e. The van der Waals surface area contributed by atoms with E-state index in [4.69, 9.17) is 20.1 Å². The fourth-order valence-electron chi connectivity index (χ4n) is 3.39. The number of rotatable bonds is 12. The van der Waals surface area contributed by atoms with E-state index < -0.39 is 5.97 Å². The molecule has 6 nitrogen and oxygen atoms in total. The van der Waals surface area contributed by atoms with Crippen LogP contribution in [0.4, 0.5) is 0 Å². The highest BCUT2D eigenvalue weighted by Crippen LogP contribution is 2.39. The van der Waals surface area contributed by atoms with Crippen molar-refractivity contribution in [3.05, 3.63) is 24.3 Å². The normalized spacial score (nSPS) is 25.1. The molecule has 2 bridgehead atoms. The number of carboxylic acid groups (broad SMARTS) is 1. The van der Waals surface area contributed by atoms with E-state index in [-0.39, 0.29) is 18.6 Å². The zero-order valence-electron chi connectivity index (χ0n) is 16.7. The van der Waals surface area contributed by atoms with Crippen LogP contribution in [0.15, 0.2) is 24.3 Å². The molecule has 1 saturated carbocycles. The molecule has 1 aliphatic carbocycles. The molecular weight excluding hydrogens is 348 g/mol. The summed E-state index contributed by atoms with van der Waals surface area (Å²) in [5.74, 6) is -0.124. The first kappa shape index (κ1) is 23.8. The highest BCUT2D eigenvalue weighted by Gasteiger charge is 2.42. The summed E-state index contributed by atoms with van der Waals surface area (Å²) in [6, 6.07) is 0. The predicted octanol–water partition coefficient (Wildman–Crippen LogP) is 5.30. The van der Waals surface area contributed by atoms with Crippen LogP contribution in [-0.4, -0.2) is 34.6 Å². The summed E-state index contributed by atoms with van der Waals surface area (Å²) in [7, 11) is 0. The van der Waals surface area contributed by atoms with Gasteiger partial charge < -0.3 is 5.11 Å². The van der Waals surface area contributed by atoms with Crippen molar-refractivity contribution in [1.29, 1.82) is 0 Å². The third-order valence-corrected chi connectivity index (χ3v) is 4.90. The van der Waals surface area contributed by atoms with Crippen molar-refractivity contribution in [2.24, 2.45) is 5.92 Å². The summed E-state index contributed by atoms with van der Waals surface area (Å²) in [6.07, 6.45) is 17.9. The third kappa shape index (κ3) is 10.6. The van der Waals surface area contributed by atoms with Gasteiger partial charge in [0.1, 0.15) is 6.10 Å². The standard InChI is InChI=1S/C12H18O4.C9H18O2/c13-12(14)6-4-2-1-3-5-9-7-10-8-11(9)16-15-10;1-3-5-6-8-9(11-10)7-4-2/h1,3,9-11H,2,4-8H2,(H,13,14);4,7,9-10H,3,5-6,8H2,1-2H3/b3-1-;7-4+/t9-,10?,11?;/m1./s1. The lowest BCUT2D eigenvalue weighted by molar-refractivity contribution is -0.326. The Balaban J connectivity index is 0.000000293. The average molecular weight is 385 g/mol. The molecule has 0 aromatic heterocycles. The largest absolute Gasteiger partial charge is 0.481 e. The highest BCUT2D eigenvalue weighted by atomic mass is 17.2. The predicted molar refractivity (Wildman–Crippen MR) is 104 cm³/mol. The minimum atomic E-state index is -0.716. The van der Waals surface area contributed by atoms with Crippen LogP contribution in [0.5, 0.6) is 0 Å². The first-order valence-electron chi connectivity index (χ1n) is 10.2.